The van der Waals surface area contributed by atoms with Crippen molar-refractivity contribution in [3.63, 3.8) is 0 Å². The fourth-order valence-corrected chi connectivity index (χ4v) is 14.3. The maximum absolute atomic E-state index is 2.81. The van der Waals surface area contributed by atoms with Gasteiger partial charge in [-0.1, -0.05) is 194 Å². The van der Waals surface area contributed by atoms with E-state index < -0.39 is 8.07 Å². The Labute approximate surface area is 333 Å². The quantitative estimate of drug-likeness (QED) is 0.114. The van der Waals surface area contributed by atoms with Crippen LogP contribution in [0.1, 0.15) is 0 Å². The maximum atomic E-state index is 2.55. The molecule has 0 fully saturated rings. The Kier molecular flexibility index (Phi) is 7.87. The second-order valence-electron chi connectivity index (χ2n) is 14.8. The van der Waals surface area contributed by atoms with Crippen molar-refractivity contribution in [2.45, 2.75) is 0 Å². The van der Waals surface area contributed by atoms with Gasteiger partial charge in [0.25, 0.3) is 0 Å². The molecular formula is C54H38N2Si. The summed E-state index contributed by atoms with van der Waals surface area (Å²) in [4.78, 5) is 0. The van der Waals surface area contributed by atoms with Crippen LogP contribution in [0.5, 0.6) is 0 Å². The smallest absolute Gasteiger partial charge is 0.179 e. The van der Waals surface area contributed by atoms with Crippen LogP contribution < -0.4 is 20.7 Å². The van der Waals surface area contributed by atoms with Crippen LogP contribution in [0.3, 0.4) is 0 Å². The lowest BCUT2D eigenvalue weighted by molar-refractivity contribution is 1.13. The van der Waals surface area contributed by atoms with Crippen molar-refractivity contribution in [3.8, 4) is 22.5 Å². The molecule has 2 heterocycles. The summed E-state index contributed by atoms with van der Waals surface area (Å²) < 4.78 is 5.03. The Morgan fingerprint density at radius 2 is 0.789 bits per heavy atom. The third-order valence-corrected chi connectivity index (χ3v) is 16.6. The molecule has 0 unspecified atom stereocenters. The van der Waals surface area contributed by atoms with Gasteiger partial charge in [0, 0.05) is 27.2 Å². The average Bonchev–Trinajstić information content (AvgIpc) is 3.82. The summed E-state index contributed by atoms with van der Waals surface area (Å²) in [5.74, 6) is 0. The average molecular weight is 743 g/mol. The zero-order valence-electron chi connectivity index (χ0n) is 31.3. The van der Waals surface area contributed by atoms with Crippen molar-refractivity contribution in [2.24, 2.45) is 0 Å². The van der Waals surface area contributed by atoms with E-state index in [0.29, 0.717) is 0 Å². The fraction of sp³-hybridized carbons (Fsp3) is 0. The van der Waals surface area contributed by atoms with E-state index >= 15 is 0 Å². The SMILES string of the molecule is c1ccc(-c2ccc(-n3c4ccccc4c4ccc([Si](c5ccccc5)(c5ccccc5)c5ccccc5)cc43)c3c2c2ccccc2n3-c2ccccc2)cc1. The van der Waals surface area contributed by atoms with Crippen molar-refractivity contribution in [1.82, 2.24) is 9.13 Å². The van der Waals surface area contributed by atoms with E-state index in [-0.39, 0.29) is 0 Å². The van der Waals surface area contributed by atoms with Gasteiger partial charge in [-0.15, -0.1) is 0 Å². The number of rotatable bonds is 7. The highest BCUT2D eigenvalue weighted by Crippen LogP contribution is 2.43. The minimum absolute atomic E-state index is 1.14. The van der Waals surface area contributed by atoms with Gasteiger partial charge < -0.3 is 9.13 Å². The number of nitrogens with zero attached hydrogens (tertiary/aromatic N) is 2. The number of hydrogen-bond donors (Lipinski definition) is 0. The van der Waals surface area contributed by atoms with Crippen molar-refractivity contribution >= 4 is 72.4 Å². The second kappa shape index (κ2) is 13.5. The van der Waals surface area contributed by atoms with Gasteiger partial charge in [-0.3, -0.25) is 0 Å². The fourth-order valence-electron chi connectivity index (χ4n) is 9.49. The van der Waals surface area contributed by atoms with Gasteiger partial charge in [0.1, 0.15) is 0 Å². The Morgan fingerprint density at radius 1 is 0.316 bits per heavy atom. The van der Waals surface area contributed by atoms with Gasteiger partial charge in [-0.05, 0) is 68.3 Å². The highest BCUT2D eigenvalue weighted by molar-refractivity contribution is 7.20. The van der Waals surface area contributed by atoms with Gasteiger partial charge in [-0.25, -0.2) is 0 Å². The number of aromatic nitrogens is 2. The number of fused-ring (bicyclic) bond motifs is 6. The molecule has 0 bridgehead atoms. The molecule has 3 heteroatoms. The summed E-state index contributed by atoms with van der Waals surface area (Å²) in [5.41, 5.74) is 9.49. The van der Waals surface area contributed by atoms with Crippen molar-refractivity contribution < 1.29 is 0 Å². The molecule has 0 amide bonds. The van der Waals surface area contributed by atoms with Crippen LogP contribution in [0.4, 0.5) is 0 Å². The molecule has 11 rings (SSSR count). The van der Waals surface area contributed by atoms with Crippen LogP contribution in [0, 0.1) is 0 Å². The van der Waals surface area contributed by atoms with Gasteiger partial charge in [0.2, 0.25) is 0 Å². The first-order valence-electron chi connectivity index (χ1n) is 19.7. The Hall–Kier alpha value is -7.20. The lowest BCUT2D eigenvalue weighted by Crippen LogP contribution is -2.74. The molecule has 0 aliphatic heterocycles. The van der Waals surface area contributed by atoms with Gasteiger partial charge in [0.15, 0.2) is 8.07 Å². The Balaban J connectivity index is 1.31. The summed E-state index contributed by atoms with van der Waals surface area (Å²) in [5, 5.41) is 10.4. The normalized spacial score (nSPS) is 11.9. The van der Waals surface area contributed by atoms with Crippen LogP contribution >= 0.6 is 0 Å². The Bertz CT molecular complexity index is 3110. The first-order chi connectivity index (χ1) is 28.3. The molecule has 0 saturated heterocycles. The van der Waals surface area contributed by atoms with Gasteiger partial charge >= 0.3 is 0 Å². The highest BCUT2D eigenvalue weighted by atomic mass is 28.3. The monoisotopic (exact) mass is 742 g/mol. The van der Waals surface area contributed by atoms with Crippen molar-refractivity contribution in [3.05, 3.63) is 231 Å². The van der Waals surface area contributed by atoms with Gasteiger partial charge in [-0.2, -0.15) is 0 Å². The summed E-state index contributed by atoms with van der Waals surface area (Å²) in [6.07, 6.45) is 0. The van der Waals surface area contributed by atoms with Crippen molar-refractivity contribution in [1.29, 1.82) is 0 Å². The van der Waals surface area contributed by atoms with E-state index in [9.17, 15) is 0 Å². The molecule has 57 heavy (non-hydrogen) atoms. The minimum Gasteiger partial charge on any atom is -0.307 e. The number of hydrogen-bond acceptors (Lipinski definition) is 0. The van der Waals surface area contributed by atoms with Crippen LogP contribution in [0.25, 0.3) is 66.1 Å². The minimum atomic E-state index is -2.81. The molecule has 0 saturated carbocycles. The van der Waals surface area contributed by atoms with E-state index in [0.717, 1.165) is 11.4 Å². The molecule has 2 aromatic heterocycles. The number of para-hydroxylation sites is 3. The maximum Gasteiger partial charge on any atom is 0.179 e. The molecule has 0 radical (unpaired) electrons. The first-order valence-corrected chi connectivity index (χ1v) is 21.7. The van der Waals surface area contributed by atoms with Crippen LogP contribution in [0.15, 0.2) is 231 Å². The van der Waals surface area contributed by atoms with Crippen LogP contribution in [0.2, 0.25) is 0 Å². The van der Waals surface area contributed by atoms with E-state index in [1.165, 1.54) is 75.5 Å². The molecule has 0 aliphatic carbocycles. The van der Waals surface area contributed by atoms with Crippen LogP contribution in [-0.4, -0.2) is 17.2 Å². The Morgan fingerprint density at radius 3 is 1.39 bits per heavy atom. The first kappa shape index (κ1) is 33.2. The van der Waals surface area contributed by atoms with Crippen molar-refractivity contribution in [2.75, 3.05) is 0 Å². The molecular weight excluding hydrogens is 705 g/mol. The molecule has 0 spiro atoms. The van der Waals surface area contributed by atoms with Gasteiger partial charge in [0.05, 0.1) is 27.8 Å². The number of benzene rings is 9. The molecule has 0 N–H and O–H groups in total. The lowest BCUT2D eigenvalue weighted by atomic mass is 9.98. The standard InChI is InChI=1S/C54H38N2Si/c1-6-20-39(21-7-1)45-36-37-51(54-53(45)48-31-17-19-33-50(48)55(54)40-22-8-2-9-23-40)56-49-32-18-16-30-46(49)47-35-34-44(38-52(47)56)57(41-24-10-3-11-25-41,42-26-12-4-13-27-42)43-28-14-5-15-29-43/h1-38H. The predicted molar refractivity (Wildman–Crippen MR) is 244 cm³/mol. The van der Waals surface area contributed by atoms with E-state index in [4.69, 9.17) is 0 Å². The summed E-state index contributed by atoms with van der Waals surface area (Å²) in [6, 6.07) is 85.2. The lowest BCUT2D eigenvalue weighted by Gasteiger charge is -2.34. The topological polar surface area (TPSA) is 9.86 Å². The zero-order chi connectivity index (χ0) is 37.8. The summed E-state index contributed by atoms with van der Waals surface area (Å²) in [6.45, 7) is 0. The molecule has 268 valence electrons. The molecule has 0 aliphatic rings. The van der Waals surface area contributed by atoms with Crippen LogP contribution in [-0.2, 0) is 0 Å². The predicted octanol–water partition coefficient (Wildman–Crippen LogP) is 10.9. The van der Waals surface area contributed by atoms with E-state index in [1.54, 1.807) is 0 Å². The highest BCUT2D eigenvalue weighted by Gasteiger charge is 2.41. The molecule has 11 aromatic rings. The van der Waals surface area contributed by atoms with E-state index in [2.05, 4.69) is 240 Å². The molecule has 0 atom stereocenters. The third-order valence-electron chi connectivity index (χ3n) is 11.9. The second-order valence-corrected chi connectivity index (χ2v) is 18.7. The summed E-state index contributed by atoms with van der Waals surface area (Å²) >= 11 is 0. The molecule has 2 nitrogen and oxygen atoms in total. The largest absolute Gasteiger partial charge is 0.307 e. The third kappa shape index (κ3) is 5.10. The molecule has 9 aromatic carbocycles. The zero-order valence-corrected chi connectivity index (χ0v) is 32.3. The van der Waals surface area contributed by atoms with E-state index in [1.807, 2.05) is 0 Å². The summed E-state index contributed by atoms with van der Waals surface area (Å²) in [7, 11) is -2.81.